The summed E-state index contributed by atoms with van der Waals surface area (Å²) in [5, 5.41) is 0.827. The highest BCUT2D eigenvalue weighted by Gasteiger charge is 2.19. The summed E-state index contributed by atoms with van der Waals surface area (Å²) >= 11 is 3.35. The molecule has 0 radical (unpaired) electrons. The molecule has 0 aliphatic rings. The van der Waals surface area contributed by atoms with Gasteiger partial charge < -0.3 is 4.90 Å². The van der Waals surface area contributed by atoms with E-state index in [0.29, 0.717) is 6.54 Å². The average molecular weight is 244 g/mol. The second-order valence-corrected chi connectivity index (χ2v) is 4.45. The SMILES string of the molecule is CN(CC(F)F)CC(C)(C)CBr. The maximum Gasteiger partial charge on any atom is 0.251 e. The molecular weight excluding hydrogens is 228 g/mol. The lowest BCUT2D eigenvalue weighted by Crippen LogP contribution is -2.35. The smallest absolute Gasteiger partial charge is 0.251 e. The molecule has 0 rings (SSSR count). The van der Waals surface area contributed by atoms with Crippen LogP contribution >= 0.6 is 15.9 Å². The Morgan fingerprint density at radius 1 is 1.42 bits per heavy atom. The molecule has 12 heavy (non-hydrogen) atoms. The molecule has 0 saturated heterocycles. The van der Waals surface area contributed by atoms with Crippen molar-refractivity contribution in [1.82, 2.24) is 4.90 Å². The van der Waals surface area contributed by atoms with Gasteiger partial charge in [0.1, 0.15) is 0 Å². The van der Waals surface area contributed by atoms with Crippen molar-refractivity contribution in [3.05, 3.63) is 0 Å². The Labute approximate surface area is 81.3 Å². The van der Waals surface area contributed by atoms with Gasteiger partial charge in [-0.05, 0) is 12.5 Å². The lowest BCUT2D eigenvalue weighted by Gasteiger charge is -2.28. The number of nitrogens with zero attached hydrogens (tertiary/aromatic N) is 1. The van der Waals surface area contributed by atoms with Crippen LogP contribution in [0.4, 0.5) is 8.78 Å². The summed E-state index contributed by atoms with van der Waals surface area (Å²) in [5.41, 5.74) is 0.0592. The summed E-state index contributed by atoms with van der Waals surface area (Å²) in [6.45, 7) is 4.63. The van der Waals surface area contributed by atoms with Crippen molar-refractivity contribution < 1.29 is 8.78 Å². The van der Waals surface area contributed by atoms with E-state index in [9.17, 15) is 8.78 Å². The molecule has 0 bridgehead atoms. The van der Waals surface area contributed by atoms with Crippen LogP contribution in [0, 0.1) is 5.41 Å². The van der Waals surface area contributed by atoms with Crippen LogP contribution in [-0.4, -0.2) is 36.8 Å². The minimum Gasteiger partial charge on any atom is -0.300 e. The molecule has 0 amide bonds. The molecule has 0 aromatic heterocycles. The lowest BCUT2D eigenvalue weighted by atomic mass is 9.96. The van der Waals surface area contributed by atoms with E-state index in [4.69, 9.17) is 0 Å². The normalized spacial score (nSPS) is 13.0. The van der Waals surface area contributed by atoms with Crippen LogP contribution in [0.3, 0.4) is 0 Å². The van der Waals surface area contributed by atoms with Gasteiger partial charge in [0.2, 0.25) is 0 Å². The number of hydrogen-bond donors (Lipinski definition) is 0. The molecule has 0 saturated carbocycles. The minimum absolute atomic E-state index is 0.0592. The van der Waals surface area contributed by atoms with Crippen molar-refractivity contribution in [2.24, 2.45) is 5.41 Å². The molecule has 1 nitrogen and oxygen atoms in total. The molecule has 0 unspecified atom stereocenters. The first kappa shape index (κ1) is 12.3. The third-order valence-electron chi connectivity index (χ3n) is 1.51. The fourth-order valence-electron chi connectivity index (χ4n) is 1.07. The molecular formula is C8H16BrF2N. The summed E-state index contributed by atoms with van der Waals surface area (Å²) < 4.78 is 23.8. The Bertz CT molecular complexity index is 128. The Balaban J connectivity index is 3.75. The Morgan fingerprint density at radius 2 is 1.92 bits per heavy atom. The van der Waals surface area contributed by atoms with Gasteiger partial charge in [0.15, 0.2) is 0 Å². The van der Waals surface area contributed by atoms with Gasteiger partial charge in [0.05, 0.1) is 6.54 Å². The standard InChI is InChI=1S/C8H16BrF2N/c1-8(2,5-9)6-12(3)4-7(10)11/h7H,4-6H2,1-3H3. The quantitative estimate of drug-likeness (QED) is 0.672. The summed E-state index contributed by atoms with van der Waals surface area (Å²) in [4.78, 5) is 1.66. The number of alkyl halides is 3. The summed E-state index contributed by atoms with van der Waals surface area (Å²) in [6.07, 6.45) is -2.24. The highest BCUT2D eigenvalue weighted by atomic mass is 79.9. The van der Waals surface area contributed by atoms with Crippen molar-refractivity contribution in [3.63, 3.8) is 0 Å². The van der Waals surface area contributed by atoms with Gasteiger partial charge in [-0.25, -0.2) is 8.78 Å². The monoisotopic (exact) mass is 243 g/mol. The molecule has 74 valence electrons. The van der Waals surface area contributed by atoms with Gasteiger partial charge in [-0.3, -0.25) is 0 Å². The zero-order chi connectivity index (χ0) is 9.78. The summed E-state index contributed by atoms with van der Waals surface area (Å²) in [7, 11) is 1.72. The molecule has 0 spiro atoms. The van der Waals surface area contributed by atoms with Crippen LogP contribution in [0.1, 0.15) is 13.8 Å². The zero-order valence-electron chi connectivity index (χ0n) is 7.78. The molecule has 4 heteroatoms. The van der Waals surface area contributed by atoms with E-state index in [1.165, 1.54) is 0 Å². The van der Waals surface area contributed by atoms with E-state index in [1.54, 1.807) is 11.9 Å². The minimum atomic E-state index is -2.24. The van der Waals surface area contributed by atoms with Crippen molar-refractivity contribution in [1.29, 1.82) is 0 Å². The van der Waals surface area contributed by atoms with E-state index < -0.39 is 6.43 Å². The maximum atomic E-state index is 11.9. The van der Waals surface area contributed by atoms with Gasteiger partial charge in [-0.1, -0.05) is 29.8 Å². The van der Waals surface area contributed by atoms with Crippen LogP contribution in [0.5, 0.6) is 0 Å². The Morgan fingerprint density at radius 3 is 2.25 bits per heavy atom. The van der Waals surface area contributed by atoms with Gasteiger partial charge in [0.25, 0.3) is 6.43 Å². The summed E-state index contributed by atoms with van der Waals surface area (Å²) in [6, 6.07) is 0. The second kappa shape index (κ2) is 5.12. The van der Waals surface area contributed by atoms with Crippen LogP contribution < -0.4 is 0 Å². The molecule has 0 atom stereocenters. The van der Waals surface area contributed by atoms with E-state index in [0.717, 1.165) is 5.33 Å². The molecule has 0 aliphatic carbocycles. The van der Waals surface area contributed by atoms with Crippen molar-refractivity contribution in [3.8, 4) is 0 Å². The van der Waals surface area contributed by atoms with E-state index in [-0.39, 0.29) is 12.0 Å². The lowest BCUT2D eigenvalue weighted by molar-refractivity contribution is 0.0863. The summed E-state index contributed by atoms with van der Waals surface area (Å²) in [5.74, 6) is 0. The Kier molecular flexibility index (Phi) is 5.25. The van der Waals surface area contributed by atoms with Gasteiger partial charge in [-0.15, -0.1) is 0 Å². The van der Waals surface area contributed by atoms with Crippen molar-refractivity contribution in [2.45, 2.75) is 20.3 Å². The van der Waals surface area contributed by atoms with Crippen LogP contribution in [0.2, 0.25) is 0 Å². The fourth-order valence-corrected chi connectivity index (χ4v) is 1.25. The Hall–Kier alpha value is 0.300. The van der Waals surface area contributed by atoms with E-state index in [1.807, 2.05) is 13.8 Å². The van der Waals surface area contributed by atoms with Gasteiger partial charge >= 0.3 is 0 Å². The zero-order valence-corrected chi connectivity index (χ0v) is 9.37. The number of hydrogen-bond acceptors (Lipinski definition) is 1. The molecule has 0 aliphatic heterocycles. The van der Waals surface area contributed by atoms with Crippen LogP contribution in [-0.2, 0) is 0 Å². The molecule has 0 N–H and O–H groups in total. The predicted octanol–water partition coefficient (Wildman–Crippen LogP) is 2.60. The second-order valence-electron chi connectivity index (χ2n) is 3.89. The van der Waals surface area contributed by atoms with E-state index >= 15 is 0 Å². The van der Waals surface area contributed by atoms with Gasteiger partial charge in [0, 0.05) is 11.9 Å². The third kappa shape index (κ3) is 5.89. The highest BCUT2D eigenvalue weighted by Crippen LogP contribution is 2.19. The van der Waals surface area contributed by atoms with Gasteiger partial charge in [-0.2, -0.15) is 0 Å². The molecule has 0 heterocycles. The topological polar surface area (TPSA) is 3.24 Å². The first-order chi connectivity index (χ1) is 5.37. The first-order valence-electron chi connectivity index (χ1n) is 3.90. The average Bonchev–Trinajstić information content (AvgIpc) is 1.84. The molecule has 0 fully saturated rings. The molecule has 0 aromatic carbocycles. The van der Waals surface area contributed by atoms with Crippen LogP contribution in [0.25, 0.3) is 0 Å². The molecule has 0 aromatic rings. The van der Waals surface area contributed by atoms with Crippen LogP contribution in [0.15, 0.2) is 0 Å². The van der Waals surface area contributed by atoms with Crippen molar-refractivity contribution >= 4 is 15.9 Å². The largest absolute Gasteiger partial charge is 0.300 e. The first-order valence-corrected chi connectivity index (χ1v) is 5.02. The number of rotatable bonds is 5. The number of halogens is 3. The van der Waals surface area contributed by atoms with E-state index in [2.05, 4.69) is 15.9 Å². The predicted molar refractivity (Wildman–Crippen MR) is 51.1 cm³/mol. The van der Waals surface area contributed by atoms with Crippen molar-refractivity contribution in [2.75, 3.05) is 25.5 Å². The maximum absolute atomic E-state index is 11.9. The highest BCUT2D eigenvalue weighted by molar-refractivity contribution is 9.09. The third-order valence-corrected chi connectivity index (χ3v) is 3.03. The fraction of sp³-hybridized carbons (Fsp3) is 1.00.